The first-order valence-corrected chi connectivity index (χ1v) is 18.1. The second kappa shape index (κ2) is 19.3. The average molecular weight is 752 g/mol. The minimum absolute atomic E-state index is 0.0243. The monoisotopic (exact) mass is 751 g/mol. The number of ether oxygens (including phenoxy) is 2. The van der Waals surface area contributed by atoms with Gasteiger partial charge in [0.05, 0.1) is 32.2 Å². The second-order valence-corrected chi connectivity index (χ2v) is 14.6. The third-order valence-electron chi connectivity index (χ3n) is 9.08. The molecule has 2 aliphatic heterocycles. The lowest BCUT2D eigenvalue weighted by Gasteiger charge is -2.32. The SMILES string of the molecule is CN(C(=O)CN1CCOCC1)c1ccc(OCC(=O)N[C@@H](CC(N)=O)C(=O)N[C@@H](Cc2ccccc2)[C@H](O)C(=O)N2CCC[C@H]2C(=O)NC(C)(C)C)cc1. The lowest BCUT2D eigenvalue weighted by atomic mass is 9.99. The number of morpholine rings is 1. The molecule has 0 aromatic heterocycles. The van der Waals surface area contributed by atoms with Crippen LogP contribution in [0.1, 0.15) is 45.6 Å². The predicted molar refractivity (Wildman–Crippen MR) is 199 cm³/mol. The molecule has 6 N–H and O–H groups in total. The van der Waals surface area contributed by atoms with Crippen LogP contribution in [0.3, 0.4) is 0 Å². The fourth-order valence-corrected chi connectivity index (χ4v) is 6.25. The Morgan fingerprint density at radius 2 is 1.65 bits per heavy atom. The van der Waals surface area contributed by atoms with Gasteiger partial charge in [0.2, 0.25) is 23.6 Å². The average Bonchev–Trinajstić information content (AvgIpc) is 3.63. The summed E-state index contributed by atoms with van der Waals surface area (Å²) in [6.07, 6.45) is -1.33. The Morgan fingerprint density at radius 1 is 0.981 bits per heavy atom. The first kappa shape index (κ1) is 41.7. The van der Waals surface area contributed by atoms with Gasteiger partial charge in [-0.15, -0.1) is 0 Å². The number of hydrogen-bond donors (Lipinski definition) is 5. The third-order valence-corrected chi connectivity index (χ3v) is 9.08. The number of likely N-dealkylation sites (N-methyl/N-ethyl adjacent to an activating group) is 1. The lowest BCUT2D eigenvalue weighted by Crippen LogP contribution is -2.59. The maximum atomic E-state index is 13.7. The zero-order chi connectivity index (χ0) is 39.4. The van der Waals surface area contributed by atoms with Crippen LogP contribution in [0.15, 0.2) is 54.6 Å². The van der Waals surface area contributed by atoms with Crippen LogP contribution in [0.25, 0.3) is 0 Å². The molecule has 6 amide bonds. The highest BCUT2D eigenvalue weighted by Gasteiger charge is 2.41. The molecule has 0 aliphatic carbocycles. The van der Waals surface area contributed by atoms with E-state index < -0.39 is 66.4 Å². The zero-order valence-electron chi connectivity index (χ0n) is 31.4. The van der Waals surface area contributed by atoms with Crippen molar-refractivity contribution >= 4 is 41.1 Å². The molecule has 0 radical (unpaired) electrons. The molecule has 4 atom stereocenters. The van der Waals surface area contributed by atoms with Gasteiger partial charge in [-0.1, -0.05) is 30.3 Å². The van der Waals surface area contributed by atoms with E-state index in [4.69, 9.17) is 15.2 Å². The topological polar surface area (TPSA) is 213 Å². The summed E-state index contributed by atoms with van der Waals surface area (Å²) < 4.78 is 10.9. The van der Waals surface area contributed by atoms with Crippen molar-refractivity contribution < 1.29 is 43.3 Å². The van der Waals surface area contributed by atoms with Gasteiger partial charge < -0.3 is 46.1 Å². The highest BCUT2D eigenvalue weighted by molar-refractivity contribution is 5.95. The molecule has 16 nitrogen and oxygen atoms in total. The summed E-state index contributed by atoms with van der Waals surface area (Å²) >= 11 is 0. The zero-order valence-corrected chi connectivity index (χ0v) is 31.4. The molecule has 54 heavy (non-hydrogen) atoms. The van der Waals surface area contributed by atoms with Crippen molar-refractivity contribution in [1.29, 1.82) is 0 Å². The number of carbonyl (C=O) groups excluding carboxylic acids is 6. The van der Waals surface area contributed by atoms with E-state index in [2.05, 4.69) is 16.0 Å². The van der Waals surface area contributed by atoms with Crippen molar-refractivity contribution in [3.8, 4) is 5.75 Å². The number of amides is 6. The second-order valence-electron chi connectivity index (χ2n) is 14.6. The number of benzene rings is 2. The summed E-state index contributed by atoms with van der Waals surface area (Å²) in [6, 6.07) is 12.0. The molecule has 0 bridgehead atoms. The highest BCUT2D eigenvalue weighted by Crippen LogP contribution is 2.22. The molecule has 2 fully saturated rings. The number of hydrogen-bond acceptors (Lipinski definition) is 10. The van der Waals surface area contributed by atoms with E-state index in [9.17, 15) is 33.9 Å². The van der Waals surface area contributed by atoms with Gasteiger partial charge in [-0.05, 0) is 69.9 Å². The number of carbonyl (C=O) groups is 6. The van der Waals surface area contributed by atoms with E-state index in [1.54, 1.807) is 61.6 Å². The molecule has 294 valence electrons. The van der Waals surface area contributed by atoms with Gasteiger partial charge in [-0.3, -0.25) is 33.7 Å². The summed E-state index contributed by atoms with van der Waals surface area (Å²) in [5.74, 6) is -3.30. The highest BCUT2D eigenvalue weighted by atomic mass is 16.5. The van der Waals surface area contributed by atoms with E-state index in [1.807, 2.05) is 25.7 Å². The summed E-state index contributed by atoms with van der Waals surface area (Å²) in [7, 11) is 1.67. The van der Waals surface area contributed by atoms with Crippen molar-refractivity contribution in [3.05, 3.63) is 60.2 Å². The number of aliphatic hydroxyl groups excluding tert-OH is 1. The maximum Gasteiger partial charge on any atom is 0.258 e. The number of likely N-dealkylation sites (tertiary alicyclic amines) is 1. The van der Waals surface area contributed by atoms with E-state index in [0.717, 1.165) is 0 Å². The van der Waals surface area contributed by atoms with Crippen LogP contribution >= 0.6 is 0 Å². The van der Waals surface area contributed by atoms with Gasteiger partial charge in [-0.2, -0.15) is 0 Å². The molecule has 2 saturated heterocycles. The van der Waals surface area contributed by atoms with Gasteiger partial charge in [0.15, 0.2) is 12.7 Å². The summed E-state index contributed by atoms with van der Waals surface area (Å²) in [5, 5.41) is 19.4. The quantitative estimate of drug-likeness (QED) is 0.151. The van der Waals surface area contributed by atoms with Gasteiger partial charge in [0.25, 0.3) is 11.8 Å². The Balaban J connectivity index is 1.39. The molecule has 0 spiro atoms. The van der Waals surface area contributed by atoms with Crippen molar-refractivity contribution in [2.24, 2.45) is 5.73 Å². The predicted octanol–water partition coefficient (Wildman–Crippen LogP) is -0.285. The maximum absolute atomic E-state index is 13.7. The van der Waals surface area contributed by atoms with Gasteiger partial charge >= 0.3 is 0 Å². The fraction of sp³-hybridized carbons (Fsp3) is 0.526. The van der Waals surface area contributed by atoms with Crippen LogP contribution in [-0.2, 0) is 39.9 Å². The van der Waals surface area contributed by atoms with Gasteiger partial charge in [-0.25, -0.2) is 0 Å². The first-order valence-electron chi connectivity index (χ1n) is 18.1. The number of aliphatic hydroxyl groups is 1. The Bertz CT molecular complexity index is 1610. The van der Waals surface area contributed by atoms with Crippen LogP contribution in [0.2, 0.25) is 0 Å². The number of nitrogens with two attached hydrogens (primary N) is 1. The van der Waals surface area contributed by atoms with Crippen molar-refractivity contribution in [1.82, 2.24) is 25.8 Å². The normalized spacial score (nSPS) is 17.8. The number of rotatable bonds is 16. The fourth-order valence-electron chi connectivity index (χ4n) is 6.25. The molecule has 0 unspecified atom stereocenters. The van der Waals surface area contributed by atoms with E-state index in [0.29, 0.717) is 56.1 Å². The van der Waals surface area contributed by atoms with Gasteiger partial charge in [0.1, 0.15) is 17.8 Å². The minimum Gasteiger partial charge on any atom is -0.484 e. The third kappa shape index (κ3) is 12.5. The molecular formula is C38H53N7O9. The molecule has 2 aromatic carbocycles. The van der Waals surface area contributed by atoms with Crippen LogP contribution in [0, 0.1) is 0 Å². The molecule has 0 saturated carbocycles. The molecule has 2 heterocycles. The van der Waals surface area contributed by atoms with E-state index >= 15 is 0 Å². The number of anilines is 1. The smallest absolute Gasteiger partial charge is 0.258 e. The van der Waals surface area contributed by atoms with Crippen LogP contribution in [-0.4, -0.2) is 133 Å². The van der Waals surface area contributed by atoms with Crippen molar-refractivity contribution in [2.45, 2.75) is 76.2 Å². The van der Waals surface area contributed by atoms with Crippen molar-refractivity contribution in [3.63, 3.8) is 0 Å². The Morgan fingerprint density at radius 3 is 2.28 bits per heavy atom. The molecular weight excluding hydrogens is 698 g/mol. The van der Waals surface area contributed by atoms with Crippen LogP contribution in [0.5, 0.6) is 5.75 Å². The summed E-state index contributed by atoms with van der Waals surface area (Å²) in [4.78, 5) is 83.0. The van der Waals surface area contributed by atoms with Gasteiger partial charge in [0, 0.05) is 37.9 Å². The number of nitrogens with zero attached hydrogens (tertiary/aromatic N) is 3. The number of nitrogens with one attached hydrogen (secondary N) is 3. The molecule has 2 aliphatic rings. The Labute approximate surface area is 315 Å². The summed E-state index contributed by atoms with van der Waals surface area (Å²) in [5.41, 5.74) is 6.22. The van der Waals surface area contributed by atoms with E-state index in [-0.39, 0.29) is 31.3 Å². The lowest BCUT2D eigenvalue weighted by molar-refractivity contribution is -0.147. The minimum atomic E-state index is -1.76. The summed E-state index contributed by atoms with van der Waals surface area (Å²) in [6.45, 7) is 8.02. The van der Waals surface area contributed by atoms with Crippen LogP contribution < -0.4 is 31.3 Å². The molecule has 16 heteroatoms. The van der Waals surface area contributed by atoms with Crippen LogP contribution in [0.4, 0.5) is 5.69 Å². The Kier molecular flexibility index (Phi) is 14.9. The first-order chi connectivity index (χ1) is 25.6. The largest absolute Gasteiger partial charge is 0.484 e. The molecule has 4 rings (SSSR count). The van der Waals surface area contributed by atoms with Crippen molar-refractivity contribution in [2.75, 3.05) is 57.9 Å². The standard InChI is InChI=1S/C38H53N7O9/c1-38(2,3)42-36(51)30-11-8-16-45(30)37(52)34(49)28(21-25-9-6-5-7-10-25)41-35(50)29(22-31(39)46)40-32(47)24-54-27-14-12-26(13-15-27)43(4)33(48)23-44-17-19-53-20-18-44/h5-7,9-10,12-15,28-30,34,49H,8,11,16-24H2,1-4H3,(H2,39,46)(H,40,47)(H,41,50)(H,42,51)/t28-,29-,30-,34-/m0/s1. The Hall–Kier alpha value is -5.06. The number of primary amides is 1. The molecule has 2 aromatic rings. The van der Waals surface area contributed by atoms with E-state index in [1.165, 1.54) is 9.80 Å².